The van der Waals surface area contributed by atoms with Crippen LogP contribution in [0.1, 0.15) is 23.0 Å². The van der Waals surface area contributed by atoms with Crippen LogP contribution in [0.4, 0.5) is 5.69 Å². The number of benzene rings is 2. The summed E-state index contributed by atoms with van der Waals surface area (Å²) in [6, 6.07) is 16.5. The maximum Gasteiger partial charge on any atom is 0.330 e. The van der Waals surface area contributed by atoms with Crippen molar-refractivity contribution in [2.75, 3.05) is 11.9 Å². The Morgan fingerprint density at radius 2 is 1.85 bits per heavy atom. The van der Waals surface area contributed by atoms with E-state index in [1.54, 1.807) is 43.5 Å². The number of ether oxygens (including phenoxy) is 1. The van der Waals surface area contributed by atoms with Crippen molar-refractivity contribution in [1.29, 1.82) is 0 Å². The van der Waals surface area contributed by atoms with Crippen molar-refractivity contribution < 1.29 is 14.3 Å². The highest BCUT2D eigenvalue weighted by Crippen LogP contribution is 2.13. The van der Waals surface area contributed by atoms with Gasteiger partial charge >= 0.3 is 5.97 Å². The van der Waals surface area contributed by atoms with Gasteiger partial charge in [0.05, 0.1) is 18.5 Å². The largest absolute Gasteiger partial charge is 0.463 e. The van der Waals surface area contributed by atoms with Gasteiger partial charge in [-0.25, -0.2) is 9.48 Å². The van der Waals surface area contributed by atoms with Crippen molar-refractivity contribution in [1.82, 2.24) is 15.0 Å². The molecule has 1 amide bonds. The van der Waals surface area contributed by atoms with E-state index in [0.717, 1.165) is 11.3 Å². The third kappa shape index (κ3) is 4.88. The lowest BCUT2D eigenvalue weighted by Gasteiger charge is -2.03. The summed E-state index contributed by atoms with van der Waals surface area (Å²) in [5, 5.41) is 10.6. The Hall–Kier alpha value is -3.74. The smallest absolute Gasteiger partial charge is 0.330 e. The average Bonchev–Trinajstić information content (AvgIpc) is 3.19. The van der Waals surface area contributed by atoms with Gasteiger partial charge in [-0.2, -0.15) is 0 Å². The zero-order chi connectivity index (χ0) is 19.1. The molecule has 0 aliphatic heterocycles. The van der Waals surface area contributed by atoms with Crippen LogP contribution in [0.5, 0.6) is 0 Å². The molecule has 0 saturated carbocycles. The fourth-order valence-electron chi connectivity index (χ4n) is 2.30. The number of carbonyl (C=O) groups excluding carboxylic acids is 2. The van der Waals surface area contributed by atoms with E-state index in [0.29, 0.717) is 12.3 Å². The van der Waals surface area contributed by atoms with Crippen LogP contribution in [0.2, 0.25) is 0 Å². The number of nitrogens with zero attached hydrogens (tertiary/aromatic N) is 3. The SMILES string of the molecule is CCOC(=O)C=Cc1ccc(NC(=O)c2cn(-c3ccccc3)nn2)cc1. The number of anilines is 1. The third-order valence-electron chi connectivity index (χ3n) is 3.61. The second kappa shape index (κ2) is 8.57. The number of nitrogens with one attached hydrogen (secondary N) is 1. The molecule has 0 radical (unpaired) electrons. The van der Waals surface area contributed by atoms with E-state index >= 15 is 0 Å². The van der Waals surface area contributed by atoms with Crippen LogP contribution in [0, 0.1) is 0 Å². The van der Waals surface area contributed by atoms with E-state index in [2.05, 4.69) is 15.6 Å². The molecule has 0 aliphatic carbocycles. The Balaban J connectivity index is 1.63. The van der Waals surface area contributed by atoms with Crippen molar-refractivity contribution in [2.24, 2.45) is 0 Å². The highest BCUT2D eigenvalue weighted by molar-refractivity contribution is 6.02. The number of hydrogen-bond acceptors (Lipinski definition) is 5. The van der Waals surface area contributed by atoms with Crippen LogP contribution in [0.15, 0.2) is 66.9 Å². The zero-order valence-corrected chi connectivity index (χ0v) is 14.7. The summed E-state index contributed by atoms with van der Waals surface area (Å²) in [6.45, 7) is 2.09. The molecular weight excluding hydrogens is 344 g/mol. The monoisotopic (exact) mass is 362 g/mol. The van der Waals surface area contributed by atoms with Gasteiger partial charge in [-0.1, -0.05) is 35.5 Å². The van der Waals surface area contributed by atoms with Crippen LogP contribution in [0.3, 0.4) is 0 Å². The molecule has 3 rings (SSSR count). The summed E-state index contributed by atoms with van der Waals surface area (Å²) in [6.07, 6.45) is 4.58. The first-order valence-corrected chi connectivity index (χ1v) is 8.39. The molecule has 7 nitrogen and oxygen atoms in total. The summed E-state index contributed by atoms with van der Waals surface area (Å²) < 4.78 is 6.37. The lowest BCUT2D eigenvalue weighted by molar-refractivity contribution is -0.137. The Morgan fingerprint density at radius 1 is 1.11 bits per heavy atom. The fraction of sp³-hybridized carbons (Fsp3) is 0.100. The molecule has 1 N–H and O–H groups in total. The number of rotatable bonds is 6. The van der Waals surface area contributed by atoms with Crippen molar-refractivity contribution in [3.8, 4) is 5.69 Å². The minimum atomic E-state index is -0.392. The summed E-state index contributed by atoms with van der Waals surface area (Å²) in [4.78, 5) is 23.6. The van der Waals surface area contributed by atoms with Crippen molar-refractivity contribution in [2.45, 2.75) is 6.92 Å². The summed E-state index contributed by atoms with van der Waals surface area (Å²) in [5.74, 6) is -0.747. The molecule has 0 spiro atoms. The molecule has 136 valence electrons. The van der Waals surface area contributed by atoms with Crippen molar-refractivity contribution in [3.05, 3.63) is 78.1 Å². The highest BCUT2D eigenvalue weighted by atomic mass is 16.5. The van der Waals surface area contributed by atoms with Gasteiger partial charge in [-0.15, -0.1) is 5.10 Å². The van der Waals surface area contributed by atoms with Gasteiger partial charge < -0.3 is 10.1 Å². The summed E-state index contributed by atoms with van der Waals surface area (Å²) in [5.41, 5.74) is 2.46. The molecule has 1 aromatic heterocycles. The number of hydrogen-bond donors (Lipinski definition) is 1. The molecular formula is C20H18N4O3. The molecule has 0 unspecified atom stereocenters. The van der Waals surface area contributed by atoms with E-state index < -0.39 is 5.97 Å². The molecule has 0 saturated heterocycles. The minimum absolute atomic E-state index is 0.213. The van der Waals surface area contributed by atoms with Gasteiger partial charge in [0.15, 0.2) is 5.69 Å². The average molecular weight is 362 g/mol. The van der Waals surface area contributed by atoms with Gasteiger partial charge in [0.25, 0.3) is 5.91 Å². The Kier molecular flexibility index (Phi) is 5.73. The number of para-hydroxylation sites is 1. The molecule has 0 bridgehead atoms. The summed E-state index contributed by atoms with van der Waals surface area (Å²) in [7, 11) is 0. The molecule has 27 heavy (non-hydrogen) atoms. The number of carbonyl (C=O) groups is 2. The second-order valence-corrected chi connectivity index (χ2v) is 5.55. The molecule has 1 heterocycles. The van der Waals surface area contributed by atoms with Crippen molar-refractivity contribution in [3.63, 3.8) is 0 Å². The van der Waals surface area contributed by atoms with Crippen LogP contribution >= 0.6 is 0 Å². The molecule has 2 aromatic carbocycles. The normalized spacial score (nSPS) is 10.7. The van der Waals surface area contributed by atoms with E-state index in [1.807, 2.05) is 30.3 Å². The van der Waals surface area contributed by atoms with Gasteiger partial charge in [0, 0.05) is 11.8 Å². The topological polar surface area (TPSA) is 86.1 Å². The predicted octanol–water partition coefficient (Wildman–Crippen LogP) is 3.10. The van der Waals surface area contributed by atoms with E-state index in [-0.39, 0.29) is 11.6 Å². The van der Waals surface area contributed by atoms with Crippen molar-refractivity contribution >= 4 is 23.6 Å². The standard InChI is InChI=1S/C20H18N4O3/c1-2-27-19(25)13-10-15-8-11-16(12-9-15)21-20(26)18-14-24(23-22-18)17-6-4-3-5-7-17/h3-14H,2H2,1H3,(H,21,26). The predicted molar refractivity (Wildman–Crippen MR) is 101 cm³/mol. The first kappa shape index (κ1) is 18.1. The van der Waals surface area contributed by atoms with Gasteiger partial charge in [0.2, 0.25) is 0 Å². The van der Waals surface area contributed by atoms with Crippen LogP contribution in [0.25, 0.3) is 11.8 Å². The first-order chi connectivity index (χ1) is 13.2. The fourth-order valence-corrected chi connectivity index (χ4v) is 2.30. The zero-order valence-electron chi connectivity index (χ0n) is 14.7. The van der Waals surface area contributed by atoms with E-state index in [1.165, 1.54) is 10.8 Å². The maximum atomic E-state index is 12.3. The van der Waals surface area contributed by atoms with Gasteiger partial charge in [0.1, 0.15) is 0 Å². The van der Waals surface area contributed by atoms with Gasteiger partial charge in [-0.3, -0.25) is 4.79 Å². The Labute approximate surface area is 156 Å². The molecule has 3 aromatic rings. The number of esters is 1. The quantitative estimate of drug-likeness (QED) is 0.538. The first-order valence-electron chi connectivity index (χ1n) is 8.39. The highest BCUT2D eigenvalue weighted by Gasteiger charge is 2.11. The van der Waals surface area contributed by atoms with Gasteiger partial charge in [-0.05, 0) is 42.8 Å². The minimum Gasteiger partial charge on any atom is -0.463 e. The molecule has 7 heteroatoms. The number of amides is 1. The van der Waals surface area contributed by atoms with E-state index in [9.17, 15) is 9.59 Å². The Morgan fingerprint density at radius 3 is 2.56 bits per heavy atom. The lowest BCUT2D eigenvalue weighted by atomic mass is 10.2. The molecule has 0 atom stereocenters. The Bertz CT molecular complexity index is 947. The molecule has 0 aliphatic rings. The van der Waals surface area contributed by atoms with Crippen LogP contribution in [-0.2, 0) is 9.53 Å². The van der Waals surface area contributed by atoms with E-state index in [4.69, 9.17) is 4.74 Å². The lowest BCUT2D eigenvalue weighted by Crippen LogP contribution is -2.12. The number of aromatic nitrogens is 3. The molecule has 0 fully saturated rings. The maximum absolute atomic E-state index is 12.3. The second-order valence-electron chi connectivity index (χ2n) is 5.55. The van der Waals surface area contributed by atoms with Crippen LogP contribution in [-0.4, -0.2) is 33.5 Å². The van der Waals surface area contributed by atoms with Crippen LogP contribution < -0.4 is 5.32 Å². The third-order valence-corrected chi connectivity index (χ3v) is 3.61. The summed E-state index contributed by atoms with van der Waals surface area (Å²) >= 11 is 0.